The monoisotopic (exact) mass is 311 g/mol. The van der Waals surface area contributed by atoms with Gasteiger partial charge in [-0.2, -0.15) is 0 Å². The number of carbonyl (C=O) groups is 1. The molecule has 0 spiro atoms. The van der Waals surface area contributed by atoms with Crippen LogP contribution in [0.25, 0.3) is 0 Å². The fourth-order valence-corrected chi connectivity index (χ4v) is 2.52. The van der Waals surface area contributed by atoms with Gasteiger partial charge in [-0.3, -0.25) is 0 Å². The Morgan fingerprint density at radius 1 is 1.27 bits per heavy atom. The number of hydrogen-bond acceptors (Lipinski definition) is 4. The number of benzene rings is 1. The predicted octanol–water partition coefficient (Wildman–Crippen LogP) is 2.75. The van der Waals surface area contributed by atoms with Gasteiger partial charge < -0.3 is 19.8 Å². The largest absolute Gasteiger partial charge is 0.508 e. The van der Waals surface area contributed by atoms with Crippen LogP contribution in [0.4, 0.5) is 9.18 Å². The van der Waals surface area contributed by atoms with Crippen LogP contribution in [0, 0.1) is 5.82 Å². The lowest BCUT2D eigenvalue weighted by Gasteiger charge is -2.38. The van der Waals surface area contributed by atoms with Crippen molar-refractivity contribution in [1.29, 1.82) is 0 Å². The molecule has 0 aromatic heterocycles. The maximum absolute atomic E-state index is 13.4. The number of amides is 1. The summed E-state index contributed by atoms with van der Waals surface area (Å²) in [4.78, 5) is 13.5. The minimum Gasteiger partial charge on any atom is -0.508 e. The molecule has 1 aliphatic rings. The van der Waals surface area contributed by atoms with Crippen LogP contribution in [0.3, 0.4) is 0 Å². The van der Waals surface area contributed by atoms with E-state index in [0.717, 1.165) is 6.07 Å². The summed E-state index contributed by atoms with van der Waals surface area (Å²) in [6, 6.07) is 3.55. The number of ether oxygens (including phenoxy) is 1. The van der Waals surface area contributed by atoms with Crippen molar-refractivity contribution < 1.29 is 24.1 Å². The number of likely N-dealkylation sites (tertiary alicyclic amines) is 1. The summed E-state index contributed by atoms with van der Waals surface area (Å²) in [5.74, 6) is -0.823. The highest BCUT2D eigenvalue weighted by molar-refractivity contribution is 5.68. The van der Waals surface area contributed by atoms with Crippen LogP contribution in [-0.4, -0.2) is 39.9 Å². The lowest BCUT2D eigenvalue weighted by atomic mass is 9.84. The summed E-state index contributed by atoms with van der Waals surface area (Å²) in [5, 5.41) is 20.1. The number of phenolic OH excluding ortho intramolecular Hbond substituents is 1. The summed E-state index contributed by atoms with van der Waals surface area (Å²) >= 11 is 0. The van der Waals surface area contributed by atoms with Gasteiger partial charge >= 0.3 is 6.09 Å². The Labute approximate surface area is 129 Å². The van der Waals surface area contributed by atoms with Gasteiger partial charge in [0.25, 0.3) is 0 Å². The Morgan fingerprint density at radius 3 is 2.36 bits per heavy atom. The normalized spacial score (nSPS) is 18.1. The van der Waals surface area contributed by atoms with Crippen LogP contribution in [0.5, 0.6) is 5.75 Å². The van der Waals surface area contributed by atoms with Gasteiger partial charge in [0.1, 0.15) is 17.2 Å². The van der Waals surface area contributed by atoms with Gasteiger partial charge in [0.2, 0.25) is 0 Å². The molecule has 1 aromatic rings. The highest BCUT2D eigenvalue weighted by Gasteiger charge is 2.37. The van der Waals surface area contributed by atoms with Gasteiger partial charge in [0.15, 0.2) is 0 Å². The van der Waals surface area contributed by atoms with Gasteiger partial charge in [0.05, 0.1) is 5.60 Å². The Morgan fingerprint density at radius 2 is 1.86 bits per heavy atom. The van der Waals surface area contributed by atoms with Crippen LogP contribution in [0.15, 0.2) is 18.2 Å². The van der Waals surface area contributed by atoms with Crippen molar-refractivity contribution in [2.75, 3.05) is 13.1 Å². The zero-order chi connectivity index (χ0) is 16.5. The third kappa shape index (κ3) is 3.88. The molecular formula is C16H22FNO4. The zero-order valence-corrected chi connectivity index (χ0v) is 13.1. The van der Waals surface area contributed by atoms with Crippen molar-refractivity contribution in [2.45, 2.75) is 44.8 Å². The molecule has 0 radical (unpaired) electrons. The molecule has 1 saturated heterocycles. The number of aliphatic hydroxyl groups is 1. The van der Waals surface area contributed by atoms with Crippen LogP contribution >= 0.6 is 0 Å². The minimum absolute atomic E-state index is 0.224. The van der Waals surface area contributed by atoms with Crippen molar-refractivity contribution in [2.24, 2.45) is 0 Å². The second-order valence-corrected chi connectivity index (χ2v) is 6.70. The van der Waals surface area contributed by atoms with Crippen molar-refractivity contribution in [3.8, 4) is 5.75 Å². The van der Waals surface area contributed by atoms with E-state index >= 15 is 0 Å². The molecule has 22 heavy (non-hydrogen) atoms. The molecule has 0 saturated carbocycles. The highest BCUT2D eigenvalue weighted by atomic mass is 19.1. The summed E-state index contributed by atoms with van der Waals surface area (Å²) in [7, 11) is 0. The van der Waals surface area contributed by atoms with E-state index in [4.69, 9.17) is 4.74 Å². The van der Waals surface area contributed by atoms with Crippen molar-refractivity contribution in [3.05, 3.63) is 29.6 Å². The molecule has 1 heterocycles. The van der Waals surface area contributed by atoms with Gasteiger partial charge in [-0.1, -0.05) is 0 Å². The van der Waals surface area contributed by atoms with Crippen LogP contribution in [0.2, 0.25) is 0 Å². The predicted molar refractivity (Wildman–Crippen MR) is 79.0 cm³/mol. The molecule has 1 aromatic carbocycles. The molecule has 0 unspecified atom stereocenters. The SMILES string of the molecule is CC(C)(C)OC(=O)N1CCC(O)(c2cc(O)cc(F)c2)CC1. The fraction of sp³-hybridized carbons (Fsp3) is 0.562. The smallest absolute Gasteiger partial charge is 0.410 e. The first-order valence-corrected chi connectivity index (χ1v) is 7.29. The summed E-state index contributed by atoms with van der Waals surface area (Å²) < 4.78 is 18.7. The summed E-state index contributed by atoms with van der Waals surface area (Å²) in [5.41, 5.74) is -1.49. The van der Waals surface area contributed by atoms with E-state index in [1.165, 1.54) is 17.0 Å². The maximum Gasteiger partial charge on any atom is 0.410 e. The first-order chi connectivity index (χ1) is 10.1. The Bertz CT molecular complexity index is 540. The van der Waals surface area contributed by atoms with Crippen LogP contribution in [-0.2, 0) is 10.3 Å². The Hall–Kier alpha value is -1.82. The van der Waals surface area contributed by atoms with Gasteiger partial charge in [0, 0.05) is 19.2 Å². The second-order valence-electron chi connectivity index (χ2n) is 6.70. The second kappa shape index (κ2) is 5.76. The van der Waals surface area contributed by atoms with Crippen molar-refractivity contribution in [1.82, 2.24) is 4.90 Å². The molecule has 5 nitrogen and oxygen atoms in total. The molecule has 122 valence electrons. The first-order valence-electron chi connectivity index (χ1n) is 7.29. The van der Waals surface area contributed by atoms with Gasteiger partial charge in [-0.05, 0) is 51.3 Å². The number of rotatable bonds is 1. The number of hydrogen-bond donors (Lipinski definition) is 2. The molecule has 1 fully saturated rings. The third-order valence-corrected chi connectivity index (χ3v) is 3.66. The van der Waals surface area contributed by atoms with Crippen molar-refractivity contribution >= 4 is 6.09 Å². The molecule has 0 bridgehead atoms. The van der Waals surface area contributed by atoms with Crippen LogP contribution in [0.1, 0.15) is 39.2 Å². The molecule has 0 aliphatic carbocycles. The average molecular weight is 311 g/mol. The molecule has 1 aliphatic heterocycles. The first kappa shape index (κ1) is 16.5. The van der Waals surface area contributed by atoms with E-state index < -0.39 is 23.1 Å². The maximum atomic E-state index is 13.4. The standard InChI is InChI=1S/C16H22FNO4/c1-15(2,3)22-14(20)18-6-4-16(21,5-7-18)11-8-12(17)10-13(19)9-11/h8-10,19,21H,4-7H2,1-3H3. The third-order valence-electron chi connectivity index (χ3n) is 3.66. The molecule has 2 N–H and O–H groups in total. The van der Waals surface area contributed by atoms with Crippen LogP contribution < -0.4 is 0 Å². The molecular weight excluding hydrogens is 289 g/mol. The lowest BCUT2D eigenvalue weighted by Crippen LogP contribution is -2.46. The number of halogens is 1. The van der Waals surface area contributed by atoms with E-state index in [-0.39, 0.29) is 18.6 Å². The number of nitrogens with zero attached hydrogens (tertiary/aromatic N) is 1. The fourth-order valence-electron chi connectivity index (χ4n) is 2.52. The average Bonchev–Trinajstić information content (AvgIpc) is 2.36. The lowest BCUT2D eigenvalue weighted by molar-refractivity contribution is -0.0359. The topological polar surface area (TPSA) is 70.0 Å². The molecule has 0 atom stereocenters. The summed E-state index contributed by atoms with van der Waals surface area (Å²) in [6.45, 7) is 5.99. The molecule has 1 amide bonds. The minimum atomic E-state index is -1.25. The number of aromatic hydroxyl groups is 1. The quantitative estimate of drug-likeness (QED) is 0.836. The van der Waals surface area contributed by atoms with Crippen molar-refractivity contribution in [3.63, 3.8) is 0 Å². The number of piperidine rings is 1. The molecule has 6 heteroatoms. The number of phenols is 1. The van der Waals surface area contributed by atoms with E-state index in [2.05, 4.69) is 0 Å². The van der Waals surface area contributed by atoms with Gasteiger partial charge in [-0.25, -0.2) is 9.18 Å². The zero-order valence-electron chi connectivity index (χ0n) is 13.1. The van der Waals surface area contributed by atoms with E-state index in [1.54, 1.807) is 20.8 Å². The van der Waals surface area contributed by atoms with E-state index in [9.17, 15) is 19.4 Å². The number of carbonyl (C=O) groups excluding carboxylic acids is 1. The van der Waals surface area contributed by atoms with E-state index in [1.807, 2.05) is 0 Å². The van der Waals surface area contributed by atoms with E-state index in [0.29, 0.717) is 18.7 Å². The summed E-state index contributed by atoms with van der Waals surface area (Å²) in [6.07, 6.45) is 0.0983. The Kier molecular flexibility index (Phi) is 4.33. The highest BCUT2D eigenvalue weighted by Crippen LogP contribution is 2.35. The van der Waals surface area contributed by atoms with Gasteiger partial charge in [-0.15, -0.1) is 0 Å². The Balaban J connectivity index is 2.06. The molecule has 2 rings (SSSR count).